The molecule has 0 unspecified atom stereocenters. The van der Waals surface area contributed by atoms with Crippen molar-refractivity contribution in [1.29, 1.82) is 0 Å². The van der Waals surface area contributed by atoms with Crippen molar-refractivity contribution < 1.29 is 14.5 Å². The fourth-order valence-electron chi connectivity index (χ4n) is 2.01. The summed E-state index contributed by atoms with van der Waals surface area (Å²) in [6, 6.07) is 4.08. The molecular weight excluding hydrogens is 328 g/mol. The smallest absolute Gasteiger partial charge is 0.295 e. The molecule has 25 heavy (non-hydrogen) atoms. The number of hydrogen-bond acceptors (Lipinski definition) is 6. The highest BCUT2D eigenvalue weighted by molar-refractivity contribution is 5.95. The van der Waals surface area contributed by atoms with Gasteiger partial charge in [0.15, 0.2) is 0 Å². The highest BCUT2D eigenvalue weighted by Gasteiger charge is 2.19. The summed E-state index contributed by atoms with van der Waals surface area (Å²) in [6.07, 6.45) is 2.59. The van der Waals surface area contributed by atoms with Gasteiger partial charge in [-0.2, -0.15) is 5.10 Å². The molecule has 0 aliphatic rings. The van der Waals surface area contributed by atoms with Crippen LogP contribution in [0.25, 0.3) is 5.69 Å². The summed E-state index contributed by atoms with van der Waals surface area (Å²) in [4.78, 5) is 37.9. The molecule has 10 nitrogen and oxygen atoms in total. The maximum atomic E-state index is 12.1. The number of amides is 2. The molecule has 0 atom stereocenters. The standard InChI is InChI=1S/C15H18N6O4/c1-10(2)14(22)17-5-6-18-15(23)11-3-4-12(13(7-11)21(24)25)20-9-16-8-19-20/h3-4,7-10H,5-6H2,1-2H3,(H,17,22)(H,18,23). The van der Waals surface area contributed by atoms with Crippen LogP contribution >= 0.6 is 0 Å². The van der Waals surface area contributed by atoms with E-state index in [-0.39, 0.29) is 41.9 Å². The van der Waals surface area contributed by atoms with Crippen molar-refractivity contribution in [2.45, 2.75) is 13.8 Å². The summed E-state index contributed by atoms with van der Waals surface area (Å²) in [5.41, 5.74) is 0.0975. The molecule has 0 aliphatic carbocycles. The molecule has 10 heteroatoms. The lowest BCUT2D eigenvalue weighted by Gasteiger charge is -2.09. The minimum atomic E-state index is -0.587. The van der Waals surface area contributed by atoms with Crippen molar-refractivity contribution in [2.75, 3.05) is 13.1 Å². The number of carbonyl (C=O) groups excluding carboxylic acids is 2. The summed E-state index contributed by atoms with van der Waals surface area (Å²) < 4.78 is 1.25. The number of nitro groups is 1. The van der Waals surface area contributed by atoms with E-state index in [4.69, 9.17) is 0 Å². The van der Waals surface area contributed by atoms with E-state index < -0.39 is 10.8 Å². The molecule has 0 saturated heterocycles. The van der Waals surface area contributed by atoms with Gasteiger partial charge >= 0.3 is 0 Å². The van der Waals surface area contributed by atoms with E-state index in [1.807, 2.05) is 0 Å². The van der Waals surface area contributed by atoms with Gasteiger partial charge in [0.1, 0.15) is 18.3 Å². The van der Waals surface area contributed by atoms with Crippen molar-refractivity contribution in [3.05, 3.63) is 46.5 Å². The molecule has 2 rings (SSSR count). The lowest BCUT2D eigenvalue weighted by Crippen LogP contribution is -2.36. The third kappa shape index (κ3) is 4.59. The predicted octanol–water partition coefficient (Wildman–Crippen LogP) is 0.677. The Labute approximate surface area is 143 Å². The number of carbonyl (C=O) groups is 2. The SMILES string of the molecule is CC(C)C(=O)NCCNC(=O)c1ccc(-n2cncn2)c([N+](=O)[O-])c1. The zero-order valence-corrected chi connectivity index (χ0v) is 13.8. The number of benzene rings is 1. The normalized spacial score (nSPS) is 10.5. The van der Waals surface area contributed by atoms with Gasteiger partial charge in [-0.25, -0.2) is 9.67 Å². The number of nitrogens with one attached hydrogen (secondary N) is 2. The number of hydrogen-bond donors (Lipinski definition) is 2. The molecule has 0 spiro atoms. The monoisotopic (exact) mass is 346 g/mol. The van der Waals surface area contributed by atoms with Crippen LogP contribution in [0, 0.1) is 16.0 Å². The molecule has 2 aromatic rings. The van der Waals surface area contributed by atoms with Crippen LogP contribution in [-0.2, 0) is 4.79 Å². The Kier molecular flexibility index (Phi) is 5.77. The Hall–Kier alpha value is -3.30. The van der Waals surface area contributed by atoms with Crippen LogP contribution in [0.15, 0.2) is 30.9 Å². The summed E-state index contributed by atoms with van der Waals surface area (Å²) in [6.45, 7) is 4.03. The molecule has 1 aromatic carbocycles. The molecule has 0 aliphatic heterocycles. The number of rotatable bonds is 7. The van der Waals surface area contributed by atoms with E-state index in [0.29, 0.717) is 0 Å². The van der Waals surface area contributed by atoms with Gasteiger partial charge in [0.2, 0.25) is 5.91 Å². The van der Waals surface area contributed by atoms with E-state index in [1.165, 1.54) is 35.5 Å². The lowest BCUT2D eigenvalue weighted by molar-refractivity contribution is -0.384. The highest BCUT2D eigenvalue weighted by atomic mass is 16.6. The van der Waals surface area contributed by atoms with E-state index in [9.17, 15) is 19.7 Å². The van der Waals surface area contributed by atoms with Crippen molar-refractivity contribution in [2.24, 2.45) is 5.92 Å². The van der Waals surface area contributed by atoms with Gasteiger partial charge in [-0.1, -0.05) is 13.8 Å². The molecule has 0 saturated carbocycles. The summed E-state index contributed by atoms with van der Waals surface area (Å²) in [5.74, 6) is -0.711. The van der Waals surface area contributed by atoms with Crippen molar-refractivity contribution in [3.8, 4) is 5.69 Å². The molecule has 1 aromatic heterocycles. The quantitative estimate of drug-likeness (QED) is 0.430. The van der Waals surface area contributed by atoms with Gasteiger partial charge in [0.25, 0.3) is 11.6 Å². The minimum Gasteiger partial charge on any atom is -0.354 e. The lowest BCUT2D eigenvalue weighted by atomic mass is 10.1. The number of aromatic nitrogens is 3. The Morgan fingerprint density at radius 1 is 1.28 bits per heavy atom. The third-order valence-corrected chi connectivity index (χ3v) is 3.33. The van der Waals surface area contributed by atoms with Crippen molar-refractivity contribution >= 4 is 17.5 Å². The van der Waals surface area contributed by atoms with Crippen LogP contribution in [0.1, 0.15) is 24.2 Å². The maximum absolute atomic E-state index is 12.1. The molecule has 2 N–H and O–H groups in total. The zero-order valence-electron chi connectivity index (χ0n) is 13.8. The van der Waals surface area contributed by atoms with Gasteiger partial charge in [-0.05, 0) is 12.1 Å². The molecule has 0 fully saturated rings. The van der Waals surface area contributed by atoms with E-state index in [2.05, 4.69) is 20.7 Å². The molecule has 2 amide bonds. The number of nitro benzene ring substituents is 1. The second-order valence-corrected chi connectivity index (χ2v) is 5.50. The Morgan fingerprint density at radius 2 is 2.00 bits per heavy atom. The van der Waals surface area contributed by atoms with E-state index >= 15 is 0 Å². The molecule has 0 bridgehead atoms. The first kappa shape index (κ1) is 18.0. The first-order valence-electron chi connectivity index (χ1n) is 7.59. The van der Waals surface area contributed by atoms with Crippen LogP contribution in [0.5, 0.6) is 0 Å². The molecular formula is C15H18N6O4. The summed E-state index contributed by atoms with van der Waals surface area (Å²) in [7, 11) is 0. The van der Waals surface area contributed by atoms with Crippen molar-refractivity contribution in [3.63, 3.8) is 0 Å². The minimum absolute atomic E-state index is 0.109. The fourth-order valence-corrected chi connectivity index (χ4v) is 2.01. The summed E-state index contributed by atoms with van der Waals surface area (Å²) >= 11 is 0. The Morgan fingerprint density at radius 3 is 2.60 bits per heavy atom. The molecule has 132 valence electrons. The van der Waals surface area contributed by atoms with Crippen LogP contribution in [0.4, 0.5) is 5.69 Å². The zero-order chi connectivity index (χ0) is 18.4. The predicted molar refractivity (Wildman–Crippen MR) is 88.2 cm³/mol. The van der Waals surface area contributed by atoms with Crippen LogP contribution in [-0.4, -0.2) is 44.6 Å². The van der Waals surface area contributed by atoms with E-state index in [0.717, 1.165) is 0 Å². The van der Waals surface area contributed by atoms with Crippen molar-refractivity contribution in [1.82, 2.24) is 25.4 Å². The van der Waals surface area contributed by atoms with E-state index in [1.54, 1.807) is 13.8 Å². The average molecular weight is 346 g/mol. The molecule has 1 heterocycles. The Balaban J connectivity index is 2.04. The first-order chi connectivity index (χ1) is 11.9. The number of nitrogens with zero attached hydrogens (tertiary/aromatic N) is 4. The molecule has 0 radical (unpaired) electrons. The van der Waals surface area contributed by atoms with Gasteiger partial charge in [-0.15, -0.1) is 0 Å². The van der Waals surface area contributed by atoms with Crippen LogP contribution < -0.4 is 10.6 Å². The highest BCUT2D eigenvalue weighted by Crippen LogP contribution is 2.23. The topological polar surface area (TPSA) is 132 Å². The average Bonchev–Trinajstić information content (AvgIpc) is 3.11. The first-order valence-corrected chi connectivity index (χ1v) is 7.59. The van der Waals surface area contributed by atoms with Gasteiger partial charge in [0.05, 0.1) is 4.92 Å². The van der Waals surface area contributed by atoms with Gasteiger partial charge in [0, 0.05) is 30.6 Å². The fraction of sp³-hybridized carbons (Fsp3) is 0.333. The second-order valence-electron chi connectivity index (χ2n) is 5.50. The van der Waals surface area contributed by atoms with Crippen LogP contribution in [0.3, 0.4) is 0 Å². The summed E-state index contributed by atoms with van der Waals surface area (Å²) in [5, 5.41) is 20.4. The Bertz CT molecular complexity index is 772. The maximum Gasteiger partial charge on any atom is 0.295 e. The van der Waals surface area contributed by atoms with Gasteiger partial charge in [-0.3, -0.25) is 19.7 Å². The third-order valence-electron chi connectivity index (χ3n) is 3.33. The second kappa shape index (κ2) is 7.99. The largest absolute Gasteiger partial charge is 0.354 e. The van der Waals surface area contributed by atoms with Gasteiger partial charge < -0.3 is 10.6 Å². The van der Waals surface area contributed by atoms with Crippen LogP contribution in [0.2, 0.25) is 0 Å².